The highest BCUT2D eigenvalue weighted by atomic mass is 16.5. The van der Waals surface area contributed by atoms with Crippen LogP contribution in [0.4, 0.5) is 0 Å². The molecule has 2 aromatic heterocycles. The molecule has 0 aliphatic carbocycles. The topological polar surface area (TPSA) is 73.0 Å². The molecule has 6 nitrogen and oxygen atoms in total. The van der Waals surface area contributed by atoms with Gasteiger partial charge in [0.25, 0.3) is 5.91 Å². The number of imidazole rings is 1. The maximum atomic E-state index is 13.1. The Hall–Kier alpha value is -4.45. The highest BCUT2D eigenvalue weighted by molar-refractivity contribution is 5.93. The normalized spacial score (nSPS) is 11.0. The van der Waals surface area contributed by atoms with Gasteiger partial charge in [-0.25, -0.2) is 4.98 Å². The van der Waals surface area contributed by atoms with Crippen molar-refractivity contribution in [3.05, 3.63) is 114 Å². The van der Waals surface area contributed by atoms with Crippen molar-refractivity contribution in [2.24, 2.45) is 0 Å². The molecule has 5 aromatic rings. The van der Waals surface area contributed by atoms with E-state index in [-0.39, 0.29) is 5.91 Å². The minimum Gasteiger partial charge on any atom is -0.361 e. The number of nitrogens with one attached hydrogen (secondary N) is 1. The number of aryl methyl sites for hydroxylation is 2. The first-order valence-electron chi connectivity index (χ1n) is 12.6. The van der Waals surface area contributed by atoms with Crippen LogP contribution in [-0.2, 0) is 13.0 Å². The average molecular weight is 491 g/mol. The molecule has 0 aliphatic heterocycles. The molecular weight excluding hydrogens is 460 g/mol. The van der Waals surface area contributed by atoms with Gasteiger partial charge in [-0.3, -0.25) is 9.36 Å². The monoisotopic (exact) mass is 490 g/mol. The summed E-state index contributed by atoms with van der Waals surface area (Å²) in [6.07, 6.45) is 6.77. The van der Waals surface area contributed by atoms with Crippen molar-refractivity contribution in [2.75, 3.05) is 0 Å². The van der Waals surface area contributed by atoms with Crippen molar-refractivity contribution in [1.29, 1.82) is 0 Å². The van der Waals surface area contributed by atoms with Gasteiger partial charge >= 0.3 is 0 Å². The molecule has 0 fully saturated rings. The number of unbranched alkanes of at least 4 members (excludes halogenated alkanes) is 1. The van der Waals surface area contributed by atoms with Crippen LogP contribution in [0.2, 0.25) is 0 Å². The Morgan fingerprint density at radius 1 is 0.919 bits per heavy atom. The van der Waals surface area contributed by atoms with Crippen molar-refractivity contribution in [2.45, 2.75) is 39.7 Å². The van der Waals surface area contributed by atoms with E-state index in [0.717, 1.165) is 34.5 Å². The van der Waals surface area contributed by atoms with Crippen LogP contribution in [0.5, 0.6) is 0 Å². The molecule has 37 heavy (non-hydrogen) atoms. The first kappa shape index (κ1) is 24.3. The van der Waals surface area contributed by atoms with Gasteiger partial charge in [-0.1, -0.05) is 85.2 Å². The molecule has 2 heterocycles. The third kappa shape index (κ3) is 5.38. The first-order chi connectivity index (χ1) is 18.1. The largest absolute Gasteiger partial charge is 0.361 e. The van der Waals surface area contributed by atoms with E-state index < -0.39 is 0 Å². The fourth-order valence-corrected chi connectivity index (χ4v) is 4.41. The van der Waals surface area contributed by atoms with Crippen LogP contribution in [0.25, 0.3) is 28.1 Å². The van der Waals surface area contributed by atoms with E-state index in [1.165, 1.54) is 24.0 Å². The standard InChI is InChI=1S/C31H30N4O2/c1-3-4-8-23-11-13-24(14-12-23)25-15-17-27(18-16-25)35-21-32-20-29(35)31(36)33-19-28-22(2)37-34-30(28)26-9-6-5-7-10-26/h5-7,9-18,20-21H,3-4,8,19H2,1-2H3,(H,33,36). The van der Waals surface area contributed by atoms with Gasteiger partial charge in [0.2, 0.25) is 0 Å². The zero-order chi connectivity index (χ0) is 25.6. The average Bonchev–Trinajstić information content (AvgIpc) is 3.58. The molecule has 1 amide bonds. The number of rotatable bonds is 9. The van der Waals surface area contributed by atoms with Crippen molar-refractivity contribution in [3.63, 3.8) is 0 Å². The van der Waals surface area contributed by atoms with Crippen molar-refractivity contribution >= 4 is 5.91 Å². The van der Waals surface area contributed by atoms with Crippen LogP contribution in [0, 0.1) is 6.92 Å². The Morgan fingerprint density at radius 2 is 1.62 bits per heavy atom. The zero-order valence-corrected chi connectivity index (χ0v) is 21.1. The summed E-state index contributed by atoms with van der Waals surface area (Å²) in [5.41, 5.74) is 7.55. The molecule has 0 saturated heterocycles. The van der Waals surface area contributed by atoms with Crippen LogP contribution in [0.3, 0.4) is 0 Å². The van der Waals surface area contributed by atoms with Crippen LogP contribution >= 0.6 is 0 Å². The lowest BCUT2D eigenvalue weighted by Crippen LogP contribution is -2.25. The predicted molar refractivity (Wildman–Crippen MR) is 145 cm³/mol. The lowest BCUT2D eigenvalue weighted by atomic mass is 10.0. The van der Waals surface area contributed by atoms with E-state index in [1.807, 2.05) is 49.4 Å². The molecule has 0 aliphatic rings. The molecule has 0 bridgehead atoms. The number of carbonyl (C=O) groups excluding carboxylic acids is 1. The van der Waals surface area contributed by atoms with Crippen molar-refractivity contribution in [1.82, 2.24) is 20.0 Å². The maximum Gasteiger partial charge on any atom is 0.270 e. The van der Waals surface area contributed by atoms with E-state index in [9.17, 15) is 4.79 Å². The number of nitrogens with zero attached hydrogens (tertiary/aromatic N) is 3. The van der Waals surface area contributed by atoms with E-state index >= 15 is 0 Å². The summed E-state index contributed by atoms with van der Waals surface area (Å²) in [6.45, 7) is 4.37. The van der Waals surface area contributed by atoms with Crippen molar-refractivity contribution in [3.8, 4) is 28.1 Å². The molecule has 0 unspecified atom stereocenters. The summed E-state index contributed by atoms with van der Waals surface area (Å²) in [5, 5.41) is 7.20. The van der Waals surface area contributed by atoms with Crippen LogP contribution in [-0.4, -0.2) is 20.6 Å². The summed E-state index contributed by atoms with van der Waals surface area (Å²) in [5.74, 6) is 0.463. The molecule has 186 valence electrons. The zero-order valence-electron chi connectivity index (χ0n) is 21.1. The van der Waals surface area contributed by atoms with Gasteiger partial charge in [-0.2, -0.15) is 0 Å². The smallest absolute Gasteiger partial charge is 0.270 e. The Labute approximate surface area is 217 Å². The minimum atomic E-state index is -0.219. The van der Waals surface area contributed by atoms with Crippen LogP contribution in [0.1, 0.15) is 47.1 Å². The summed E-state index contributed by atoms with van der Waals surface area (Å²) >= 11 is 0. The molecule has 5 rings (SSSR count). The van der Waals surface area contributed by atoms with Crippen LogP contribution < -0.4 is 5.32 Å². The SMILES string of the molecule is CCCCc1ccc(-c2ccc(-n3cncc3C(=O)NCc3c(-c4ccccc4)noc3C)cc2)cc1. The number of hydrogen-bond acceptors (Lipinski definition) is 4. The number of amides is 1. The summed E-state index contributed by atoms with van der Waals surface area (Å²) in [6, 6.07) is 26.7. The summed E-state index contributed by atoms with van der Waals surface area (Å²) in [4.78, 5) is 17.4. The molecule has 1 N–H and O–H groups in total. The van der Waals surface area contributed by atoms with E-state index in [4.69, 9.17) is 4.52 Å². The number of hydrogen-bond donors (Lipinski definition) is 1. The van der Waals surface area contributed by atoms with E-state index in [0.29, 0.717) is 18.0 Å². The molecule has 0 radical (unpaired) electrons. The lowest BCUT2D eigenvalue weighted by molar-refractivity contribution is 0.0944. The second kappa shape index (κ2) is 11.1. The fraction of sp³-hybridized carbons (Fsp3) is 0.194. The predicted octanol–water partition coefficient (Wildman–Crippen LogP) is 6.78. The van der Waals surface area contributed by atoms with Gasteiger partial charge in [0.1, 0.15) is 17.1 Å². The highest BCUT2D eigenvalue weighted by Crippen LogP contribution is 2.25. The molecule has 0 saturated carbocycles. The van der Waals surface area contributed by atoms with Gasteiger partial charge in [0.15, 0.2) is 0 Å². The summed E-state index contributed by atoms with van der Waals surface area (Å²) in [7, 11) is 0. The third-order valence-electron chi connectivity index (χ3n) is 6.58. The van der Waals surface area contributed by atoms with E-state index in [1.54, 1.807) is 17.1 Å². The highest BCUT2D eigenvalue weighted by Gasteiger charge is 2.18. The number of benzene rings is 3. The number of aromatic nitrogens is 3. The Balaban J connectivity index is 1.29. The first-order valence-corrected chi connectivity index (χ1v) is 12.6. The van der Waals surface area contributed by atoms with Gasteiger partial charge in [0, 0.05) is 23.4 Å². The Bertz CT molecular complexity index is 1470. The molecule has 0 atom stereocenters. The Morgan fingerprint density at radius 3 is 2.32 bits per heavy atom. The molecule has 6 heteroatoms. The van der Waals surface area contributed by atoms with Gasteiger partial charge in [-0.05, 0) is 48.6 Å². The van der Waals surface area contributed by atoms with Gasteiger partial charge < -0.3 is 9.84 Å². The van der Waals surface area contributed by atoms with Gasteiger partial charge in [-0.15, -0.1) is 0 Å². The van der Waals surface area contributed by atoms with Crippen molar-refractivity contribution < 1.29 is 9.32 Å². The van der Waals surface area contributed by atoms with Crippen LogP contribution in [0.15, 0.2) is 95.9 Å². The third-order valence-corrected chi connectivity index (χ3v) is 6.58. The van der Waals surface area contributed by atoms with Gasteiger partial charge in [0.05, 0.1) is 12.5 Å². The number of carbonyl (C=O) groups is 1. The molecule has 3 aromatic carbocycles. The lowest BCUT2D eigenvalue weighted by Gasteiger charge is -2.11. The van der Waals surface area contributed by atoms with E-state index in [2.05, 4.69) is 58.8 Å². The maximum absolute atomic E-state index is 13.1. The summed E-state index contributed by atoms with van der Waals surface area (Å²) < 4.78 is 7.22. The molecule has 0 spiro atoms. The second-order valence-corrected chi connectivity index (χ2v) is 9.11. The fourth-order valence-electron chi connectivity index (χ4n) is 4.41. The second-order valence-electron chi connectivity index (χ2n) is 9.11. The quantitative estimate of drug-likeness (QED) is 0.247. The Kier molecular flexibility index (Phi) is 7.26. The molecular formula is C31H30N4O2. The minimum absolute atomic E-state index is 0.219.